The van der Waals surface area contributed by atoms with Crippen molar-refractivity contribution in [1.82, 2.24) is 15.1 Å². The summed E-state index contributed by atoms with van der Waals surface area (Å²) in [4.78, 5) is 13.5. The lowest BCUT2D eigenvalue weighted by Crippen LogP contribution is -2.30. The minimum absolute atomic E-state index is 0.0675. The van der Waals surface area contributed by atoms with Gasteiger partial charge in [-0.25, -0.2) is 0 Å². The molecule has 0 fully saturated rings. The van der Waals surface area contributed by atoms with E-state index in [-0.39, 0.29) is 5.91 Å². The number of ether oxygens (including phenoxy) is 1. The van der Waals surface area contributed by atoms with Crippen molar-refractivity contribution in [3.8, 4) is 5.75 Å². The summed E-state index contributed by atoms with van der Waals surface area (Å²) >= 11 is 0. The Labute approximate surface area is 112 Å². The maximum absolute atomic E-state index is 11.9. The van der Waals surface area contributed by atoms with Crippen LogP contribution in [0.5, 0.6) is 5.75 Å². The fraction of sp³-hybridized carbons (Fsp3) is 0.286. The Hall–Kier alpha value is -2.30. The lowest BCUT2D eigenvalue weighted by molar-refractivity contribution is 0.0773. The van der Waals surface area contributed by atoms with Gasteiger partial charge in [-0.3, -0.25) is 9.89 Å². The summed E-state index contributed by atoms with van der Waals surface area (Å²) in [5.74, 6) is 0.786. The van der Waals surface area contributed by atoms with Crippen LogP contribution in [0.25, 0.3) is 0 Å². The van der Waals surface area contributed by atoms with Crippen LogP contribution >= 0.6 is 0 Å². The number of H-pyrrole nitrogens is 1. The van der Waals surface area contributed by atoms with Crippen molar-refractivity contribution in [3.05, 3.63) is 47.8 Å². The van der Waals surface area contributed by atoms with Crippen LogP contribution < -0.4 is 4.74 Å². The first-order valence-electron chi connectivity index (χ1n) is 6.11. The van der Waals surface area contributed by atoms with E-state index in [2.05, 4.69) is 10.2 Å². The number of aryl methyl sites for hydroxylation is 1. The lowest BCUT2D eigenvalue weighted by Gasteiger charge is -2.17. The van der Waals surface area contributed by atoms with Crippen LogP contribution in [0.1, 0.15) is 15.9 Å². The SMILES string of the molecule is Cc1ccccc1OCCN(C)C(=O)c1cn[nH]c1. The summed E-state index contributed by atoms with van der Waals surface area (Å²) in [6.07, 6.45) is 3.10. The number of likely N-dealkylation sites (N-methyl/N-ethyl adjacent to an activating group) is 1. The highest BCUT2D eigenvalue weighted by molar-refractivity contribution is 5.93. The average molecular weight is 259 g/mol. The van der Waals surface area contributed by atoms with Gasteiger partial charge in [0, 0.05) is 13.2 Å². The van der Waals surface area contributed by atoms with Crippen LogP contribution in [-0.4, -0.2) is 41.2 Å². The fourth-order valence-corrected chi connectivity index (χ4v) is 1.70. The fourth-order valence-electron chi connectivity index (χ4n) is 1.70. The van der Waals surface area contributed by atoms with Crippen LogP contribution in [-0.2, 0) is 0 Å². The third-order valence-electron chi connectivity index (χ3n) is 2.87. The molecule has 0 unspecified atom stereocenters. The lowest BCUT2D eigenvalue weighted by atomic mass is 10.2. The maximum atomic E-state index is 11.9. The molecule has 19 heavy (non-hydrogen) atoms. The van der Waals surface area contributed by atoms with E-state index in [4.69, 9.17) is 4.74 Å². The van der Waals surface area contributed by atoms with Crippen LogP contribution in [0.2, 0.25) is 0 Å². The number of hydrogen-bond donors (Lipinski definition) is 1. The van der Waals surface area contributed by atoms with E-state index >= 15 is 0 Å². The Morgan fingerprint density at radius 2 is 2.21 bits per heavy atom. The van der Waals surface area contributed by atoms with Gasteiger partial charge in [-0.2, -0.15) is 5.10 Å². The minimum Gasteiger partial charge on any atom is -0.491 e. The largest absolute Gasteiger partial charge is 0.491 e. The van der Waals surface area contributed by atoms with Crippen LogP contribution in [0.3, 0.4) is 0 Å². The molecule has 100 valence electrons. The monoisotopic (exact) mass is 259 g/mol. The molecular weight excluding hydrogens is 242 g/mol. The number of para-hydroxylation sites is 1. The first kappa shape index (κ1) is 13.1. The van der Waals surface area contributed by atoms with Gasteiger partial charge in [-0.15, -0.1) is 0 Å². The second kappa shape index (κ2) is 6.04. The molecule has 1 aromatic carbocycles. The summed E-state index contributed by atoms with van der Waals surface area (Å²) in [7, 11) is 1.75. The van der Waals surface area contributed by atoms with E-state index in [0.29, 0.717) is 18.7 Å². The first-order chi connectivity index (χ1) is 9.18. The molecule has 0 saturated carbocycles. The van der Waals surface area contributed by atoms with Gasteiger partial charge < -0.3 is 9.64 Å². The minimum atomic E-state index is -0.0675. The van der Waals surface area contributed by atoms with Crippen molar-refractivity contribution in [2.45, 2.75) is 6.92 Å². The van der Waals surface area contributed by atoms with E-state index in [1.165, 1.54) is 6.20 Å². The summed E-state index contributed by atoms with van der Waals surface area (Å²) in [6.45, 7) is 2.99. The molecule has 0 bridgehead atoms. The molecule has 5 heteroatoms. The number of carbonyl (C=O) groups excluding carboxylic acids is 1. The normalized spacial score (nSPS) is 10.2. The van der Waals surface area contributed by atoms with Gasteiger partial charge >= 0.3 is 0 Å². The zero-order valence-electron chi connectivity index (χ0n) is 11.1. The Bertz CT molecular complexity index is 537. The van der Waals surface area contributed by atoms with Crippen LogP contribution in [0, 0.1) is 6.92 Å². The van der Waals surface area contributed by atoms with Crippen molar-refractivity contribution in [2.75, 3.05) is 20.2 Å². The molecule has 0 spiro atoms. The zero-order valence-corrected chi connectivity index (χ0v) is 11.1. The van der Waals surface area contributed by atoms with Gasteiger partial charge in [0.05, 0.1) is 18.3 Å². The van der Waals surface area contributed by atoms with E-state index in [1.54, 1.807) is 18.1 Å². The highest BCUT2D eigenvalue weighted by atomic mass is 16.5. The summed E-state index contributed by atoms with van der Waals surface area (Å²) in [6, 6.07) is 7.82. The highest BCUT2D eigenvalue weighted by Crippen LogP contribution is 2.15. The van der Waals surface area contributed by atoms with Gasteiger partial charge in [0.25, 0.3) is 5.91 Å². The summed E-state index contributed by atoms with van der Waals surface area (Å²) in [5, 5.41) is 6.39. The number of nitrogens with zero attached hydrogens (tertiary/aromatic N) is 2. The Morgan fingerprint density at radius 1 is 1.42 bits per heavy atom. The molecule has 0 radical (unpaired) electrons. The molecule has 2 aromatic rings. The number of hydrogen-bond acceptors (Lipinski definition) is 3. The summed E-state index contributed by atoms with van der Waals surface area (Å²) < 4.78 is 5.66. The molecule has 0 aliphatic carbocycles. The number of benzene rings is 1. The smallest absolute Gasteiger partial charge is 0.256 e. The second-order valence-electron chi connectivity index (χ2n) is 4.33. The second-order valence-corrected chi connectivity index (χ2v) is 4.33. The standard InChI is InChI=1S/C14H17N3O2/c1-11-5-3-4-6-13(11)19-8-7-17(2)14(18)12-9-15-16-10-12/h3-6,9-10H,7-8H2,1-2H3,(H,15,16). The molecule has 0 aliphatic heterocycles. The van der Waals surface area contributed by atoms with Crippen LogP contribution in [0.15, 0.2) is 36.7 Å². The highest BCUT2D eigenvalue weighted by Gasteiger charge is 2.12. The molecule has 1 heterocycles. The third kappa shape index (κ3) is 3.34. The maximum Gasteiger partial charge on any atom is 0.256 e. The molecule has 1 N–H and O–H groups in total. The predicted molar refractivity (Wildman–Crippen MR) is 72.2 cm³/mol. The molecular formula is C14H17N3O2. The van der Waals surface area contributed by atoms with Crippen molar-refractivity contribution in [3.63, 3.8) is 0 Å². The molecule has 5 nitrogen and oxygen atoms in total. The van der Waals surface area contributed by atoms with Crippen LogP contribution in [0.4, 0.5) is 0 Å². The molecule has 1 amide bonds. The van der Waals surface area contributed by atoms with E-state index < -0.39 is 0 Å². The molecule has 0 atom stereocenters. The van der Waals surface area contributed by atoms with Gasteiger partial charge in [0.2, 0.25) is 0 Å². The third-order valence-corrected chi connectivity index (χ3v) is 2.87. The van der Waals surface area contributed by atoms with E-state index in [9.17, 15) is 4.79 Å². The zero-order chi connectivity index (χ0) is 13.7. The molecule has 0 aliphatic rings. The Morgan fingerprint density at radius 3 is 2.89 bits per heavy atom. The topological polar surface area (TPSA) is 58.2 Å². The van der Waals surface area contributed by atoms with Gasteiger partial charge in [0.1, 0.15) is 12.4 Å². The number of carbonyl (C=O) groups is 1. The Kier molecular flexibility index (Phi) is 4.18. The molecule has 2 rings (SSSR count). The van der Waals surface area contributed by atoms with E-state index in [0.717, 1.165) is 11.3 Å². The van der Waals surface area contributed by atoms with Gasteiger partial charge in [0.15, 0.2) is 0 Å². The first-order valence-corrected chi connectivity index (χ1v) is 6.11. The number of nitrogens with one attached hydrogen (secondary N) is 1. The number of aromatic nitrogens is 2. The summed E-state index contributed by atoms with van der Waals surface area (Å²) in [5.41, 5.74) is 1.64. The van der Waals surface area contributed by atoms with Crippen molar-refractivity contribution in [2.24, 2.45) is 0 Å². The number of aromatic amines is 1. The van der Waals surface area contributed by atoms with Gasteiger partial charge in [-0.1, -0.05) is 18.2 Å². The number of rotatable bonds is 5. The number of amides is 1. The van der Waals surface area contributed by atoms with E-state index in [1.807, 2.05) is 31.2 Å². The van der Waals surface area contributed by atoms with Crippen molar-refractivity contribution < 1.29 is 9.53 Å². The quantitative estimate of drug-likeness (QED) is 0.891. The average Bonchev–Trinajstić information content (AvgIpc) is 2.94. The van der Waals surface area contributed by atoms with Gasteiger partial charge in [-0.05, 0) is 18.6 Å². The molecule has 1 aromatic heterocycles. The predicted octanol–water partition coefficient (Wildman–Crippen LogP) is 1.87. The van der Waals surface area contributed by atoms with Crippen molar-refractivity contribution in [1.29, 1.82) is 0 Å². The molecule has 0 saturated heterocycles. The van der Waals surface area contributed by atoms with Crippen molar-refractivity contribution >= 4 is 5.91 Å². The Balaban J connectivity index is 1.83.